The standard InChI is InChI=1S/C43H47F4N11O5/c1-42(50-13-12-34(61)55(2)15-14-48-31-5-3-4-26-29(31)20-58(40(26)63)32-10-11-33(60)52-39(32)62)21-57(22-42)41-53-37-28(38(54-41)56-18-23-6-7-24(19-56)51-23)17-49-36(35(37)44)27-16-25(59)8-9-30(27)43(45,46)47/h3-5,8-9,16-17,23-24,32,48,50-51,59H,6-7,10-15,18-22H2,1-2H3,(H,52,60,62). The van der Waals surface area contributed by atoms with Gasteiger partial charge in [-0.15, -0.1) is 0 Å². The number of phenols is 1. The van der Waals surface area contributed by atoms with Crippen LogP contribution in [0.3, 0.4) is 0 Å². The Kier molecular flexibility index (Phi) is 10.8. The fourth-order valence-corrected chi connectivity index (χ4v) is 9.49. The molecule has 0 spiro atoms. The lowest BCUT2D eigenvalue weighted by molar-refractivity contribution is -0.138. The van der Waals surface area contributed by atoms with Crippen molar-refractivity contribution in [3.05, 3.63) is 65.1 Å². The quantitative estimate of drug-likeness (QED) is 0.103. The summed E-state index contributed by atoms with van der Waals surface area (Å²) in [4.78, 5) is 71.2. The van der Waals surface area contributed by atoms with Crippen molar-refractivity contribution in [2.24, 2.45) is 0 Å². The van der Waals surface area contributed by atoms with Gasteiger partial charge in [-0.3, -0.25) is 29.5 Å². The van der Waals surface area contributed by atoms with Gasteiger partial charge in [-0.05, 0) is 56.5 Å². The number of nitrogens with zero attached hydrogens (tertiary/aromatic N) is 7. The normalized spacial score (nSPS) is 21.7. The Morgan fingerprint density at radius 1 is 1.02 bits per heavy atom. The Bertz CT molecular complexity index is 2510. The van der Waals surface area contributed by atoms with Crippen molar-refractivity contribution in [3.63, 3.8) is 0 Å². The number of anilines is 3. The van der Waals surface area contributed by atoms with Crippen LogP contribution in [0.1, 0.15) is 60.5 Å². The molecule has 3 unspecified atom stereocenters. The van der Waals surface area contributed by atoms with Gasteiger partial charge in [0.05, 0.1) is 16.5 Å². The van der Waals surface area contributed by atoms with Gasteiger partial charge in [0.1, 0.15) is 28.8 Å². The third-order valence-corrected chi connectivity index (χ3v) is 12.8. The monoisotopic (exact) mass is 873 g/mol. The number of hydrogen-bond acceptors (Lipinski definition) is 13. The van der Waals surface area contributed by atoms with Crippen LogP contribution in [0.2, 0.25) is 0 Å². The number of amides is 4. The molecule has 2 aromatic heterocycles. The Hall–Kier alpha value is -6.15. The number of carbonyl (C=O) groups excluding carboxylic acids is 4. The summed E-state index contributed by atoms with van der Waals surface area (Å²) in [7, 11) is 1.71. The molecular formula is C43H47F4N11O5. The van der Waals surface area contributed by atoms with Crippen molar-refractivity contribution in [2.75, 3.05) is 68.0 Å². The van der Waals surface area contributed by atoms with Crippen molar-refractivity contribution >= 4 is 52.0 Å². The second-order valence-electron chi connectivity index (χ2n) is 17.4. The van der Waals surface area contributed by atoms with E-state index >= 15 is 4.39 Å². The number of hydrogen-bond donors (Lipinski definition) is 5. The molecule has 0 radical (unpaired) electrons. The lowest BCUT2D eigenvalue weighted by Crippen LogP contribution is -2.68. The Morgan fingerprint density at radius 3 is 2.51 bits per heavy atom. The zero-order valence-electron chi connectivity index (χ0n) is 34.7. The van der Waals surface area contributed by atoms with E-state index in [4.69, 9.17) is 4.98 Å². The highest BCUT2D eigenvalue weighted by Crippen LogP contribution is 2.42. The highest BCUT2D eigenvalue weighted by atomic mass is 19.4. The molecule has 2 aromatic carbocycles. The van der Waals surface area contributed by atoms with E-state index in [9.17, 15) is 37.5 Å². The maximum absolute atomic E-state index is 16.6. The molecule has 9 rings (SSSR count). The highest BCUT2D eigenvalue weighted by molar-refractivity contribution is 6.06. The first-order valence-corrected chi connectivity index (χ1v) is 21.1. The molecule has 7 heterocycles. The first-order valence-electron chi connectivity index (χ1n) is 21.1. The summed E-state index contributed by atoms with van der Waals surface area (Å²) in [5, 5.41) is 23.0. The average Bonchev–Trinajstić information content (AvgIpc) is 3.75. The minimum atomic E-state index is -4.83. The van der Waals surface area contributed by atoms with Crippen LogP contribution in [0.25, 0.3) is 22.2 Å². The molecule has 5 aliphatic rings. The zero-order valence-corrected chi connectivity index (χ0v) is 34.7. The lowest BCUT2D eigenvalue weighted by atomic mass is 9.92. The van der Waals surface area contributed by atoms with Crippen LogP contribution in [-0.4, -0.2) is 130 Å². The van der Waals surface area contributed by atoms with Crippen LogP contribution in [0, 0.1) is 5.82 Å². The summed E-state index contributed by atoms with van der Waals surface area (Å²) in [6.07, 6.45) is -0.927. The maximum Gasteiger partial charge on any atom is 0.417 e. The largest absolute Gasteiger partial charge is 0.508 e. The number of aromatic nitrogens is 3. The van der Waals surface area contributed by atoms with E-state index in [0.717, 1.165) is 36.2 Å². The van der Waals surface area contributed by atoms with E-state index < -0.39 is 52.1 Å². The van der Waals surface area contributed by atoms with Gasteiger partial charge in [-0.25, -0.2) is 9.37 Å². The number of likely N-dealkylation sites (N-methyl/N-ethyl adjacent to an activating group) is 1. The van der Waals surface area contributed by atoms with Crippen molar-refractivity contribution in [2.45, 2.75) is 75.4 Å². The Morgan fingerprint density at radius 2 is 1.78 bits per heavy atom. The fraction of sp³-hybridized carbons (Fsp3) is 0.465. The third kappa shape index (κ3) is 8.16. The summed E-state index contributed by atoms with van der Waals surface area (Å²) in [5.41, 5.74) is -0.964. The van der Waals surface area contributed by atoms with E-state index in [0.29, 0.717) is 63.3 Å². The number of piperidine rings is 1. The predicted molar refractivity (Wildman–Crippen MR) is 223 cm³/mol. The second-order valence-corrected chi connectivity index (χ2v) is 17.4. The number of phenolic OH excluding ortho intramolecular Hbond substituents is 1. The molecule has 5 N–H and O–H groups in total. The van der Waals surface area contributed by atoms with E-state index in [1.54, 1.807) is 24.1 Å². The molecule has 63 heavy (non-hydrogen) atoms. The number of halogens is 4. The minimum Gasteiger partial charge on any atom is -0.508 e. The molecule has 2 bridgehead atoms. The van der Waals surface area contributed by atoms with Crippen molar-refractivity contribution in [1.29, 1.82) is 0 Å². The molecule has 4 amide bonds. The number of benzene rings is 2. The van der Waals surface area contributed by atoms with Crippen LogP contribution in [0.4, 0.5) is 35.0 Å². The Labute approximate surface area is 359 Å². The number of imide groups is 1. The van der Waals surface area contributed by atoms with E-state index in [-0.39, 0.29) is 72.5 Å². The molecule has 332 valence electrons. The second kappa shape index (κ2) is 16.2. The number of fused-ring (bicyclic) bond motifs is 4. The first kappa shape index (κ1) is 42.2. The van der Waals surface area contributed by atoms with Crippen molar-refractivity contribution in [3.8, 4) is 17.0 Å². The molecule has 20 heteroatoms. The van der Waals surface area contributed by atoms with Crippen molar-refractivity contribution < 1.29 is 41.8 Å². The smallest absolute Gasteiger partial charge is 0.417 e. The van der Waals surface area contributed by atoms with Crippen LogP contribution in [0.15, 0.2) is 42.6 Å². The number of pyridine rings is 1. The van der Waals surface area contributed by atoms with Gasteiger partial charge in [-0.1, -0.05) is 6.07 Å². The van der Waals surface area contributed by atoms with Crippen LogP contribution in [0.5, 0.6) is 5.75 Å². The average molecular weight is 874 g/mol. The van der Waals surface area contributed by atoms with Gasteiger partial charge < -0.3 is 40.7 Å². The maximum atomic E-state index is 16.6. The van der Waals surface area contributed by atoms with E-state index in [2.05, 4.69) is 36.1 Å². The van der Waals surface area contributed by atoms with Gasteiger partial charge in [0.15, 0.2) is 5.82 Å². The number of piperazine rings is 1. The number of carbonyl (C=O) groups is 4. The van der Waals surface area contributed by atoms with Crippen LogP contribution >= 0.6 is 0 Å². The molecule has 5 aliphatic heterocycles. The van der Waals surface area contributed by atoms with Gasteiger partial charge in [0.2, 0.25) is 23.7 Å². The van der Waals surface area contributed by atoms with Gasteiger partial charge in [0.25, 0.3) is 5.91 Å². The van der Waals surface area contributed by atoms with Gasteiger partial charge in [-0.2, -0.15) is 18.2 Å². The predicted octanol–water partition coefficient (Wildman–Crippen LogP) is 3.39. The summed E-state index contributed by atoms with van der Waals surface area (Å²) in [5.74, 6) is -2.03. The van der Waals surface area contributed by atoms with E-state index in [1.165, 1.54) is 11.1 Å². The number of aromatic hydroxyl groups is 1. The molecule has 3 atom stereocenters. The minimum absolute atomic E-state index is 0.0885. The van der Waals surface area contributed by atoms with Crippen molar-refractivity contribution in [1.82, 2.24) is 40.7 Å². The molecular weight excluding hydrogens is 827 g/mol. The number of nitrogens with one attached hydrogen (secondary N) is 4. The first-order chi connectivity index (χ1) is 30.0. The summed E-state index contributed by atoms with van der Waals surface area (Å²) >= 11 is 0. The molecule has 4 saturated heterocycles. The van der Waals surface area contributed by atoms with Crippen LogP contribution in [-0.2, 0) is 27.1 Å². The lowest BCUT2D eigenvalue weighted by Gasteiger charge is -2.49. The zero-order chi connectivity index (χ0) is 44.4. The molecule has 16 nitrogen and oxygen atoms in total. The summed E-state index contributed by atoms with van der Waals surface area (Å²) in [6.45, 7) is 5.41. The topological polar surface area (TPSA) is 188 Å². The van der Waals surface area contributed by atoms with Gasteiger partial charge >= 0.3 is 6.18 Å². The molecule has 4 fully saturated rings. The highest BCUT2D eigenvalue weighted by Gasteiger charge is 2.43. The molecule has 0 aliphatic carbocycles. The number of rotatable bonds is 12. The number of alkyl halides is 3. The van der Waals surface area contributed by atoms with E-state index in [1.807, 2.05) is 17.9 Å². The fourth-order valence-electron chi connectivity index (χ4n) is 9.49. The summed E-state index contributed by atoms with van der Waals surface area (Å²) in [6, 6.07) is 7.47. The third-order valence-electron chi connectivity index (χ3n) is 12.8. The molecule has 0 saturated carbocycles. The SMILES string of the molecule is CN(CCNc1cccc2c1CN(C1CCC(=O)NC1=O)C2=O)C(=O)CCNC1(C)CN(c2nc(N3CC4CCC(C3)N4)c3cnc(-c4cc(O)ccc4C(F)(F)F)c(F)c3n2)C1. The summed E-state index contributed by atoms with van der Waals surface area (Å²) < 4.78 is 58.8. The Balaban J connectivity index is 0.832. The van der Waals surface area contributed by atoms with Crippen LogP contribution < -0.4 is 31.1 Å². The van der Waals surface area contributed by atoms with Gasteiger partial charge in [0, 0.05) is 113 Å². The molecule has 4 aromatic rings.